The van der Waals surface area contributed by atoms with Crippen LogP contribution in [0.2, 0.25) is 0 Å². The van der Waals surface area contributed by atoms with Crippen molar-refractivity contribution in [2.75, 3.05) is 5.88 Å². The van der Waals surface area contributed by atoms with E-state index in [1.54, 1.807) is 6.20 Å². The van der Waals surface area contributed by atoms with E-state index in [0.717, 1.165) is 5.82 Å². The number of hydrogen-bond donors (Lipinski definition) is 1. The number of aromatic nitrogens is 2. The van der Waals surface area contributed by atoms with Crippen molar-refractivity contribution in [1.29, 1.82) is 0 Å². The highest BCUT2D eigenvalue weighted by molar-refractivity contribution is 6.18. The lowest BCUT2D eigenvalue weighted by molar-refractivity contribution is 0.195. The Morgan fingerprint density at radius 2 is 2.55 bits per heavy atom. The Morgan fingerprint density at radius 1 is 1.82 bits per heavy atom. The van der Waals surface area contributed by atoms with E-state index in [1.165, 1.54) is 0 Å². The second kappa shape index (κ2) is 3.74. The zero-order chi connectivity index (χ0) is 8.27. The molecule has 0 saturated heterocycles. The van der Waals surface area contributed by atoms with E-state index >= 15 is 0 Å². The van der Waals surface area contributed by atoms with Gasteiger partial charge in [-0.15, -0.1) is 11.6 Å². The minimum atomic E-state index is -0.488. The Morgan fingerprint density at radius 3 is 3.00 bits per heavy atom. The third-order valence-corrected chi connectivity index (χ3v) is 1.87. The van der Waals surface area contributed by atoms with Gasteiger partial charge in [-0.05, 0) is 0 Å². The average Bonchev–Trinajstić information content (AvgIpc) is 2.37. The SMILES string of the molecule is Cn1ccnc1CC(O)CCl. The van der Waals surface area contributed by atoms with Gasteiger partial charge in [0.05, 0.1) is 6.10 Å². The summed E-state index contributed by atoms with van der Waals surface area (Å²) in [6, 6.07) is 0. The summed E-state index contributed by atoms with van der Waals surface area (Å²) in [5.74, 6) is 1.12. The Kier molecular flexibility index (Phi) is 2.91. The van der Waals surface area contributed by atoms with E-state index in [-0.39, 0.29) is 5.88 Å². The van der Waals surface area contributed by atoms with Crippen LogP contribution in [0.3, 0.4) is 0 Å². The Bertz CT molecular complexity index is 224. The highest BCUT2D eigenvalue weighted by Crippen LogP contribution is 2.00. The maximum atomic E-state index is 9.17. The van der Waals surface area contributed by atoms with Crippen LogP contribution in [-0.2, 0) is 13.5 Å². The van der Waals surface area contributed by atoms with Crippen LogP contribution >= 0.6 is 11.6 Å². The van der Waals surface area contributed by atoms with Gasteiger partial charge in [-0.1, -0.05) is 0 Å². The fourth-order valence-corrected chi connectivity index (χ4v) is 0.968. The molecule has 11 heavy (non-hydrogen) atoms. The monoisotopic (exact) mass is 174 g/mol. The lowest BCUT2D eigenvalue weighted by Crippen LogP contribution is -2.14. The van der Waals surface area contributed by atoms with Gasteiger partial charge >= 0.3 is 0 Å². The molecule has 0 radical (unpaired) electrons. The molecule has 0 spiro atoms. The lowest BCUT2D eigenvalue weighted by atomic mass is 10.3. The second-order valence-corrected chi connectivity index (χ2v) is 2.78. The number of nitrogens with zero attached hydrogens (tertiary/aromatic N) is 2. The number of halogens is 1. The molecule has 1 atom stereocenters. The first-order chi connectivity index (χ1) is 5.24. The molecule has 1 heterocycles. The van der Waals surface area contributed by atoms with Gasteiger partial charge in [-0.2, -0.15) is 0 Å². The van der Waals surface area contributed by atoms with Crippen molar-refractivity contribution in [1.82, 2.24) is 9.55 Å². The van der Waals surface area contributed by atoms with Crippen LogP contribution in [0.25, 0.3) is 0 Å². The molecule has 1 N–H and O–H groups in total. The van der Waals surface area contributed by atoms with E-state index in [9.17, 15) is 0 Å². The maximum Gasteiger partial charge on any atom is 0.111 e. The molecule has 0 fully saturated rings. The molecule has 1 unspecified atom stereocenters. The number of aliphatic hydroxyl groups excluding tert-OH is 1. The largest absolute Gasteiger partial charge is 0.391 e. The van der Waals surface area contributed by atoms with E-state index in [0.29, 0.717) is 6.42 Å². The van der Waals surface area contributed by atoms with Crippen LogP contribution in [0.4, 0.5) is 0 Å². The van der Waals surface area contributed by atoms with Gasteiger partial charge in [0.25, 0.3) is 0 Å². The van der Waals surface area contributed by atoms with Crippen molar-refractivity contribution >= 4 is 11.6 Å². The Labute approximate surface area is 70.6 Å². The number of imidazole rings is 1. The van der Waals surface area contributed by atoms with Gasteiger partial charge in [-0.25, -0.2) is 4.98 Å². The zero-order valence-electron chi connectivity index (χ0n) is 6.37. The molecule has 62 valence electrons. The van der Waals surface area contributed by atoms with E-state index < -0.39 is 6.10 Å². The number of hydrogen-bond acceptors (Lipinski definition) is 2. The summed E-state index contributed by atoms with van der Waals surface area (Å²) in [5, 5.41) is 9.17. The summed E-state index contributed by atoms with van der Waals surface area (Å²) >= 11 is 5.43. The van der Waals surface area contributed by atoms with Crippen molar-refractivity contribution in [2.24, 2.45) is 7.05 Å². The van der Waals surface area contributed by atoms with Crippen molar-refractivity contribution in [3.8, 4) is 0 Å². The molecule has 0 bridgehead atoms. The molecule has 1 aromatic heterocycles. The summed E-state index contributed by atoms with van der Waals surface area (Å²) in [6.45, 7) is 0. The Balaban J connectivity index is 2.56. The van der Waals surface area contributed by atoms with Crippen LogP contribution in [0, 0.1) is 0 Å². The summed E-state index contributed by atoms with van der Waals surface area (Å²) in [5.41, 5.74) is 0. The number of aryl methyl sites for hydroxylation is 1. The molecule has 4 heteroatoms. The molecule has 0 amide bonds. The first kappa shape index (κ1) is 8.56. The molecule has 0 aromatic carbocycles. The molecule has 3 nitrogen and oxygen atoms in total. The van der Waals surface area contributed by atoms with E-state index in [1.807, 2.05) is 17.8 Å². The normalized spacial score (nSPS) is 13.4. The fraction of sp³-hybridized carbons (Fsp3) is 0.571. The smallest absolute Gasteiger partial charge is 0.111 e. The van der Waals surface area contributed by atoms with Gasteiger partial charge in [0.2, 0.25) is 0 Å². The maximum absolute atomic E-state index is 9.17. The summed E-state index contributed by atoms with van der Waals surface area (Å²) in [7, 11) is 1.89. The van der Waals surface area contributed by atoms with E-state index in [4.69, 9.17) is 16.7 Å². The molecular weight excluding hydrogens is 164 g/mol. The fourth-order valence-electron chi connectivity index (χ4n) is 0.858. The molecule has 0 saturated carbocycles. The highest BCUT2D eigenvalue weighted by Gasteiger charge is 2.06. The van der Waals surface area contributed by atoms with Crippen LogP contribution in [0.15, 0.2) is 12.4 Å². The number of alkyl halides is 1. The van der Waals surface area contributed by atoms with Crippen molar-refractivity contribution < 1.29 is 5.11 Å². The lowest BCUT2D eigenvalue weighted by Gasteiger charge is -2.05. The van der Waals surface area contributed by atoms with Gasteiger partial charge in [0.1, 0.15) is 5.82 Å². The first-order valence-electron chi connectivity index (χ1n) is 3.44. The van der Waals surface area contributed by atoms with Crippen LogP contribution in [-0.4, -0.2) is 26.6 Å². The van der Waals surface area contributed by atoms with Gasteiger partial charge in [0.15, 0.2) is 0 Å². The minimum Gasteiger partial charge on any atom is -0.391 e. The molecule has 0 aliphatic rings. The van der Waals surface area contributed by atoms with Crippen LogP contribution < -0.4 is 0 Å². The number of rotatable bonds is 3. The van der Waals surface area contributed by atoms with Crippen molar-refractivity contribution in [2.45, 2.75) is 12.5 Å². The molecular formula is C7H11ClN2O. The quantitative estimate of drug-likeness (QED) is 0.681. The Hall–Kier alpha value is -0.540. The topological polar surface area (TPSA) is 38.0 Å². The van der Waals surface area contributed by atoms with Crippen LogP contribution in [0.1, 0.15) is 5.82 Å². The van der Waals surface area contributed by atoms with Crippen LogP contribution in [0.5, 0.6) is 0 Å². The zero-order valence-corrected chi connectivity index (χ0v) is 7.12. The summed E-state index contributed by atoms with van der Waals surface area (Å²) < 4.78 is 1.87. The third kappa shape index (κ3) is 2.20. The molecule has 0 aliphatic carbocycles. The summed E-state index contributed by atoms with van der Waals surface area (Å²) in [4.78, 5) is 4.05. The summed E-state index contributed by atoms with van der Waals surface area (Å²) in [6.07, 6.45) is 3.58. The predicted molar refractivity (Wildman–Crippen MR) is 43.6 cm³/mol. The standard InChI is InChI=1S/C7H11ClN2O/c1-10-3-2-9-7(10)4-6(11)5-8/h2-3,6,11H,4-5H2,1H3. The third-order valence-electron chi connectivity index (χ3n) is 1.52. The number of aliphatic hydroxyl groups is 1. The molecule has 1 aromatic rings. The minimum absolute atomic E-state index is 0.257. The first-order valence-corrected chi connectivity index (χ1v) is 3.97. The van der Waals surface area contributed by atoms with Crippen molar-refractivity contribution in [3.63, 3.8) is 0 Å². The van der Waals surface area contributed by atoms with Crippen molar-refractivity contribution in [3.05, 3.63) is 18.2 Å². The van der Waals surface area contributed by atoms with Gasteiger partial charge in [-0.3, -0.25) is 0 Å². The highest BCUT2D eigenvalue weighted by atomic mass is 35.5. The average molecular weight is 175 g/mol. The second-order valence-electron chi connectivity index (χ2n) is 2.47. The molecule has 1 rings (SSSR count). The predicted octanol–water partition coefficient (Wildman–Crippen LogP) is 0.562. The molecule has 0 aliphatic heterocycles. The van der Waals surface area contributed by atoms with Gasteiger partial charge < -0.3 is 9.67 Å². The van der Waals surface area contributed by atoms with E-state index in [2.05, 4.69) is 4.98 Å². The van der Waals surface area contributed by atoms with Gasteiger partial charge in [0, 0.05) is 31.7 Å².